The highest BCUT2D eigenvalue weighted by Crippen LogP contribution is 2.28. The standard InChI is InChI=1S/C19H20Cl2N4O/c1-3-16(26)11-25-17(13-7-12(2)22-18(21)8-13)10-19(24-25)23-15-6-4-5-14(20)9-15/h4-10,16,26H,3,11H2,1-2H3,(H,23,24). The second-order valence-corrected chi connectivity index (χ2v) is 6.94. The van der Waals surface area contributed by atoms with E-state index in [2.05, 4.69) is 15.4 Å². The minimum Gasteiger partial charge on any atom is -0.391 e. The van der Waals surface area contributed by atoms with Gasteiger partial charge in [0.05, 0.1) is 18.3 Å². The van der Waals surface area contributed by atoms with Crippen molar-refractivity contribution in [2.45, 2.75) is 32.9 Å². The van der Waals surface area contributed by atoms with Crippen molar-refractivity contribution >= 4 is 34.7 Å². The molecule has 0 amide bonds. The van der Waals surface area contributed by atoms with E-state index in [1.807, 2.05) is 50.2 Å². The monoisotopic (exact) mass is 390 g/mol. The van der Waals surface area contributed by atoms with E-state index < -0.39 is 6.10 Å². The number of nitrogens with one attached hydrogen (secondary N) is 1. The van der Waals surface area contributed by atoms with Crippen LogP contribution in [0, 0.1) is 6.92 Å². The molecule has 3 rings (SSSR count). The summed E-state index contributed by atoms with van der Waals surface area (Å²) in [5.41, 5.74) is 3.42. The van der Waals surface area contributed by atoms with Gasteiger partial charge in [0.2, 0.25) is 0 Å². The van der Waals surface area contributed by atoms with E-state index in [1.54, 1.807) is 10.7 Å². The number of hydrogen-bond donors (Lipinski definition) is 2. The second kappa shape index (κ2) is 8.08. The molecule has 0 fully saturated rings. The molecule has 0 radical (unpaired) electrons. The van der Waals surface area contributed by atoms with Gasteiger partial charge in [-0.3, -0.25) is 4.68 Å². The van der Waals surface area contributed by atoms with E-state index >= 15 is 0 Å². The van der Waals surface area contributed by atoms with Crippen LogP contribution in [0.2, 0.25) is 10.2 Å². The van der Waals surface area contributed by atoms with Gasteiger partial charge in [-0.05, 0) is 43.7 Å². The van der Waals surface area contributed by atoms with Crippen LogP contribution in [-0.2, 0) is 6.54 Å². The molecule has 1 unspecified atom stereocenters. The minimum absolute atomic E-state index is 0.391. The number of rotatable bonds is 6. The van der Waals surface area contributed by atoms with Crippen LogP contribution >= 0.6 is 23.2 Å². The summed E-state index contributed by atoms with van der Waals surface area (Å²) in [5.74, 6) is 0.663. The van der Waals surface area contributed by atoms with Gasteiger partial charge in [-0.2, -0.15) is 5.10 Å². The van der Waals surface area contributed by atoms with Crippen molar-refractivity contribution in [3.63, 3.8) is 0 Å². The number of halogens is 2. The summed E-state index contributed by atoms with van der Waals surface area (Å²) >= 11 is 12.2. The Balaban J connectivity index is 1.99. The highest BCUT2D eigenvalue weighted by atomic mass is 35.5. The molecule has 0 saturated carbocycles. The van der Waals surface area contributed by atoms with Gasteiger partial charge in [-0.25, -0.2) is 4.98 Å². The first kappa shape index (κ1) is 18.7. The maximum absolute atomic E-state index is 10.1. The number of hydrogen-bond acceptors (Lipinski definition) is 4. The van der Waals surface area contributed by atoms with Crippen LogP contribution in [0.5, 0.6) is 0 Å². The molecule has 7 heteroatoms. The molecule has 0 aliphatic carbocycles. The predicted octanol–water partition coefficient (Wildman–Crippen LogP) is 5.07. The van der Waals surface area contributed by atoms with Gasteiger partial charge < -0.3 is 10.4 Å². The highest BCUT2D eigenvalue weighted by Gasteiger charge is 2.14. The lowest BCUT2D eigenvalue weighted by Crippen LogP contribution is -2.16. The largest absolute Gasteiger partial charge is 0.391 e. The molecule has 136 valence electrons. The Bertz CT molecular complexity index is 890. The van der Waals surface area contributed by atoms with Crippen molar-refractivity contribution in [1.82, 2.24) is 14.8 Å². The van der Waals surface area contributed by atoms with Crippen LogP contribution in [0.15, 0.2) is 42.5 Å². The lowest BCUT2D eigenvalue weighted by molar-refractivity contribution is 0.146. The van der Waals surface area contributed by atoms with Crippen LogP contribution < -0.4 is 5.32 Å². The molecule has 1 aromatic carbocycles. The van der Waals surface area contributed by atoms with Gasteiger partial charge in [0.1, 0.15) is 5.15 Å². The van der Waals surface area contributed by atoms with Crippen molar-refractivity contribution in [3.8, 4) is 11.3 Å². The Morgan fingerprint density at radius 1 is 1.19 bits per heavy atom. The molecule has 0 bridgehead atoms. The second-order valence-electron chi connectivity index (χ2n) is 6.11. The average molecular weight is 391 g/mol. The number of aryl methyl sites for hydroxylation is 1. The molecule has 0 spiro atoms. The fourth-order valence-electron chi connectivity index (χ4n) is 2.67. The fourth-order valence-corrected chi connectivity index (χ4v) is 3.11. The number of aliphatic hydroxyl groups excluding tert-OH is 1. The fraction of sp³-hybridized carbons (Fsp3) is 0.263. The third-order valence-electron chi connectivity index (χ3n) is 3.95. The lowest BCUT2D eigenvalue weighted by atomic mass is 10.1. The summed E-state index contributed by atoms with van der Waals surface area (Å²) in [5, 5.41) is 19.0. The Labute approximate surface area is 162 Å². The molecular formula is C19H20Cl2N4O. The molecular weight excluding hydrogens is 371 g/mol. The molecule has 26 heavy (non-hydrogen) atoms. The Morgan fingerprint density at radius 3 is 2.69 bits per heavy atom. The van der Waals surface area contributed by atoms with Gasteiger partial charge in [-0.1, -0.05) is 36.2 Å². The van der Waals surface area contributed by atoms with Crippen LogP contribution in [-0.4, -0.2) is 26.0 Å². The number of aliphatic hydroxyl groups is 1. The number of pyridine rings is 1. The van der Waals surface area contributed by atoms with E-state index in [-0.39, 0.29) is 0 Å². The van der Waals surface area contributed by atoms with Gasteiger partial charge in [0, 0.05) is 28.0 Å². The highest BCUT2D eigenvalue weighted by molar-refractivity contribution is 6.30. The van der Waals surface area contributed by atoms with E-state index in [0.29, 0.717) is 29.0 Å². The number of benzene rings is 1. The third-order valence-corrected chi connectivity index (χ3v) is 4.38. The zero-order valence-corrected chi connectivity index (χ0v) is 16.1. The Morgan fingerprint density at radius 2 is 2.00 bits per heavy atom. The van der Waals surface area contributed by atoms with Crippen molar-refractivity contribution < 1.29 is 5.11 Å². The quantitative estimate of drug-likeness (QED) is 0.576. The first-order valence-electron chi connectivity index (χ1n) is 8.37. The molecule has 2 N–H and O–H groups in total. The molecule has 1 atom stereocenters. The van der Waals surface area contributed by atoms with E-state index in [0.717, 1.165) is 22.6 Å². The summed E-state index contributed by atoms with van der Waals surface area (Å²) in [6.07, 6.45) is 0.165. The maximum Gasteiger partial charge on any atom is 0.153 e. The predicted molar refractivity (Wildman–Crippen MR) is 106 cm³/mol. The smallest absolute Gasteiger partial charge is 0.153 e. The first-order chi connectivity index (χ1) is 12.4. The zero-order valence-electron chi connectivity index (χ0n) is 14.6. The molecule has 0 saturated heterocycles. The van der Waals surface area contributed by atoms with Crippen LogP contribution in [0.1, 0.15) is 19.0 Å². The van der Waals surface area contributed by atoms with Crippen LogP contribution in [0.25, 0.3) is 11.3 Å². The summed E-state index contributed by atoms with van der Waals surface area (Å²) in [6, 6.07) is 13.1. The summed E-state index contributed by atoms with van der Waals surface area (Å²) in [6.45, 7) is 4.22. The van der Waals surface area contributed by atoms with Crippen LogP contribution in [0.4, 0.5) is 11.5 Å². The lowest BCUT2D eigenvalue weighted by Gasteiger charge is -2.12. The first-order valence-corrected chi connectivity index (χ1v) is 9.13. The molecule has 5 nitrogen and oxygen atoms in total. The Hall–Kier alpha value is -2.08. The van der Waals surface area contributed by atoms with Gasteiger partial charge in [0.25, 0.3) is 0 Å². The van der Waals surface area contributed by atoms with Crippen molar-refractivity contribution in [2.24, 2.45) is 0 Å². The molecule has 0 aliphatic rings. The molecule has 3 aromatic rings. The molecule has 2 heterocycles. The van der Waals surface area contributed by atoms with Gasteiger partial charge >= 0.3 is 0 Å². The maximum atomic E-state index is 10.1. The van der Waals surface area contributed by atoms with E-state index in [9.17, 15) is 5.11 Å². The number of aromatic nitrogens is 3. The van der Waals surface area contributed by atoms with Gasteiger partial charge in [-0.15, -0.1) is 0 Å². The van der Waals surface area contributed by atoms with Crippen LogP contribution in [0.3, 0.4) is 0 Å². The van der Waals surface area contributed by atoms with Crippen molar-refractivity contribution in [1.29, 1.82) is 0 Å². The number of anilines is 2. The Kier molecular flexibility index (Phi) is 5.81. The summed E-state index contributed by atoms with van der Waals surface area (Å²) in [7, 11) is 0. The third kappa shape index (κ3) is 4.55. The van der Waals surface area contributed by atoms with Gasteiger partial charge in [0.15, 0.2) is 5.82 Å². The number of nitrogens with zero attached hydrogens (tertiary/aromatic N) is 3. The SMILES string of the molecule is CCC(O)Cn1nc(Nc2cccc(Cl)c2)cc1-c1cc(C)nc(Cl)c1. The molecule has 2 aromatic heterocycles. The van der Waals surface area contributed by atoms with Crippen molar-refractivity contribution in [3.05, 3.63) is 58.3 Å². The van der Waals surface area contributed by atoms with Crippen molar-refractivity contribution in [2.75, 3.05) is 5.32 Å². The summed E-state index contributed by atoms with van der Waals surface area (Å²) < 4.78 is 1.78. The topological polar surface area (TPSA) is 63.0 Å². The van der Waals surface area contributed by atoms with E-state index in [4.69, 9.17) is 23.2 Å². The zero-order chi connectivity index (χ0) is 18.7. The average Bonchev–Trinajstić information content (AvgIpc) is 2.96. The molecule has 0 aliphatic heterocycles. The summed E-state index contributed by atoms with van der Waals surface area (Å²) in [4.78, 5) is 4.21. The normalized spacial score (nSPS) is 12.2. The minimum atomic E-state index is -0.480. The van der Waals surface area contributed by atoms with E-state index in [1.165, 1.54) is 0 Å².